The summed E-state index contributed by atoms with van der Waals surface area (Å²) in [6.45, 7) is 3.01. The minimum absolute atomic E-state index is 0.120. The van der Waals surface area contributed by atoms with E-state index < -0.39 is 29.4 Å². The molecule has 0 bridgehead atoms. The van der Waals surface area contributed by atoms with Gasteiger partial charge in [-0.1, -0.05) is 48.0 Å². The van der Waals surface area contributed by atoms with Gasteiger partial charge < -0.3 is 14.2 Å². The van der Waals surface area contributed by atoms with Gasteiger partial charge in [0.25, 0.3) is 0 Å². The Bertz CT molecular complexity index is 1010. The summed E-state index contributed by atoms with van der Waals surface area (Å²) in [5.41, 5.74) is 1.94. The van der Waals surface area contributed by atoms with E-state index in [0.29, 0.717) is 43.7 Å². The molecular weight excluding hydrogens is 452 g/mol. The highest BCUT2D eigenvalue weighted by Crippen LogP contribution is 2.27. The van der Waals surface area contributed by atoms with Crippen molar-refractivity contribution in [3.63, 3.8) is 0 Å². The number of hydrogen-bond donors (Lipinski definition) is 0. The third-order valence-corrected chi connectivity index (χ3v) is 7.79. The van der Waals surface area contributed by atoms with Crippen molar-refractivity contribution in [2.45, 2.75) is 56.2 Å². The molecule has 0 saturated carbocycles. The molecule has 0 aromatic heterocycles. The number of rotatable bonds is 7. The van der Waals surface area contributed by atoms with Gasteiger partial charge in [-0.3, -0.25) is 14.5 Å². The van der Waals surface area contributed by atoms with Crippen LogP contribution >= 0.6 is 0 Å². The molecule has 34 heavy (non-hydrogen) atoms. The molecule has 0 spiro atoms. The second-order valence-electron chi connectivity index (χ2n) is 8.85. The highest BCUT2D eigenvalue weighted by atomic mass is 32.2. The molecule has 2 saturated heterocycles. The van der Waals surface area contributed by atoms with Crippen LogP contribution in [0.2, 0.25) is 0 Å². The van der Waals surface area contributed by atoms with E-state index in [4.69, 9.17) is 4.74 Å². The monoisotopic (exact) mass is 482 g/mol. The number of hydrogen-bond acceptors (Lipinski definition) is 5. The molecule has 0 aliphatic carbocycles. The number of nitrogens with zero attached hydrogens (tertiary/aromatic N) is 2. The zero-order valence-corrected chi connectivity index (χ0v) is 20.2. The average Bonchev–Trinajstić information content (AvgIpc) is 3.53. The van der Waals surface area contributed by atoms with Crippen molar-refractivity contribution in [3.8, 4) is 0 Å². The minimum Gasteiger partial charge on any atom is -0.611 e. The number of amides is 2. The number of carbonyl (C=O) groups is 3. The zero-order chi connectivity index (χ0) is 24.1. The Balaban J connectivity index is 1.37. The van der Waals surface area contributed by atoms with Crippen molar-refractivity contribution in [1.29, 1.82) is 0 Å². The Morgan fingerprint density at radius 1 is 0.941 bits per heavy atom. The molecule has 2 aromatic carbocycles. The summed E-state index contributed by atoms with van der Waals surface area (Å²) in [5, 5.41) is 0. The van der Waals surface area contributed by atoms with Gasteiger partial charge in [0.05, 0.1) is 6.04 Å². The van der Waals surface area contributed by atoms with Gasteiger partial charge in [0, 0.05) is 13.1 Å². The Morgan fingerprint density at radius 2 is 1.59 bits per heavy atom. The first-order chi connectivity index (χ1) is 16.4. The van der Waals surface area contributed by atoms with Crippen LogP contribution in [0.4, 0.5) is 4.79 Å². The number of benzene rings is 2. The molecule has 4 rings (SSSR count). The van der Waals surface area contributed by atoms with E-state index in [1.54, 1.807) is 17.0 Å². The largest absolute Gasteiger partial charge is 0.611 e. The Morgan fingerprint density at radius 3 is 2.29 bits per heavy atom. The fourth-order valence-corrected chi connectivity index (χ4v) is 5.66. The maximum atomic E-state index is 13.4. The average molecular weight is 483 g/mol. The lowest BCUT2D eigenvalue weighted by Crippen LogP contribution is -2.51. The van der Waals surface area contributed by atoms with E-state index in [1.807, 2.05) is 49.4 Å². The third-order valence-electron chi connectivity index (χ3n) is 6.44. The SMILES string of the molecule is Cc1ccc([S+]([O-])CC(=O)[C@@H]2CCCN2C(=O)[C@@H]2CCCN2C(=O)OCc2ccccc2)cc1. The van der Waals surface area contributed by atoms with E-state index in [0.717, 1.165) is 11.1 Å². The smallest absolute Gasteiger partial charge is 0.410 e. The van der Waals surface area contributed by atoms with Crippen molar-refractivity contribution in [2.75, 3.05) is 18.8 Å². The van der Waals surface area contributed by atoms with Gasteiger partial charge in [-0.05, 0) is 61.5 Å². The summed E-state index contributed by atoms with van der Waals surface area (Å²) in [5.74, 6) is -0.530. The second-order valence-corrected chi connectivity index (χ2v) is 10.3. The molecule has 0 N–H and O–H groups in total. The minimum atomic E-state index is -1.46. The van der Waals surface area contributed by atoms with Crippen molar-refractivity contribution in [2.24, 2.45) is 0 Å². The predicted octanol–water partition coefficient (Wildman–Crippen LogP) is 3.46. The van der Waals surface area contributed by atoms with Crippen LogP contribution in [0.15, 0.2) is 59.5 Å². The van der Waals surface area contributed by atoms with Crippen LogP contribution in [0, 0.1) is 6.92 Å². The van der Waals surface area contributed by atoms with Crippen LogP contribution < -0.4 is 0 Å². The molecule has 3 atom stereocenters. The molecule has 0 radical (unpaired) electrons. The highest BCUT2D eigenvalue weighted by Gasteiger charge is 2.43. The molecule has 8 heteroatoms. The Labute approximate surface area is 203 Å². The summed E-state index contributed by atoms with van der Waals surface area (Å²) < 4.78 is 18.2. The van der Waals surface area contributed by atoms with E-state index in [2.05, 4.69) is 0 Å². The lowest BCUT2D eigenvalue weighted by Gasteiger charge is -2.30. The van der Waals surface area contributed by atoms with Crippen LogP contribution in [0.3, 0.4) is 0 Å². The molecule has 2 aliphatic rings. The van der Waals surface area contributed by atoms with Crippen molar-refractivity contribution >= 4 is 29.0 Å². The van der Waals surface area contributed by atoms with Crippen molar-refractivity contribution in [3.05, 3.63) is 65.7 Å². The van der Waals surface area contributed by atoms with Crippen LogP contribution in [0.1, 0.15) is 36.8 Å². The van der Waals surface area contributed by atoms with Gasteiger partial charge in [-0.25, -0.2) is 4.79 Å². The molecule has 2 heterocycles. The number of Topliss-reactive ketones (excluding diaryl/α,β-unsaturated/α-hetero) is 1. The topological polar surface area (TPSA) is 90.0 Å². The van der Waals surface area contributed by atoms with Crippen molar-refractivity contribution in [1.82, 2.24) is 9.80 Å². The quantitative estimate of drug-likeness (QED) is 0.564. The molecule has 2 aliphatic heterocycles. The Hall–Kier alpha value is -2.84. The normalized spacial score (nSPS) is 20.9. The lowest BCUT2D eigenvalue weighted by atomic mass is 10.1. The van der Waals surface area contributed by atoms with Crippen LogP contribution in [0.5, 0.6) is 0 Å². The number of aryl methyl sites for hydroxylation is 1. The standard InChI is InChI=1S/C26H30N2O5S/c1-19-11-13-21(14-12-19)34(32)18-24(29)22-9-5-15-27(22)25(30)23-10-6-16-28(23)26(31)33-17-20-7-3-2-4-8-20/h2-4,7-8,11-14,22-23H,5-6,9-10,15-18H2,1H3/t22-,23-,34?/m0/s1. The van der Waals surface area contributed by atoms with Gasteiger partial charge in [-0.2, -0.15) is 0 Å². The summed E-state index contributed by atoms with van der Waals surface area (Å²) in [4.78, 5) is 42.8. The number of ether oxygens (including phenoxy) is 1. The first-order valence-electron chi connectivity index (χ1n) is 11.7. The lowest BCUT2D eigenvalue weighted by molar-refractivity contribution is -0.140. The van der Waals surface area contributed by atoms with Gasteiger partial charge in [-0.15, -0.1) is 0 Å². The molecule has 7 nitrogen and oxygen atoms in total. The number of carbonyl (C=O) groups excluding carboxylic acids is 3. The number of likely N-dealkylation sites (tertiary alicyclic amines) is 2. The Kier molecular flexibility index (Phi) is 7.90. The molecular formula is C26H30N2O5S. The third kappa shape index (κ3) is 5.62. The van der Waals surface area contributed by atoms with Crippen LogP contribution in [-0.2, 0) is 32.1 Å². The van der Waals surface area contributed by atoms with E-state index >= 15 is 0 Å². The molecule has 2 fully saturated rings. The maximum Gasteiger partial charge on any atom is 0.410 e. The van der Waals surface area contributed by atoms with Gasteiger partial charge in [0.1, 0.15) is 12.6 Å². The molecule has 1 unspecified atom stereocenters. The molecule has 2 amide bonds. The predicted molar refractivity (Wildman–Crippen MR) is 129 cm³/mol. The van der Waals surface area contributed by atoms with Crippen LogP contribution in [-0.4, -0.2) is 63.1 Å². The maximum absolute atomic E-state index is 13.4. The summed E-state index contributed by atoms with van der Waals surface area (Å²) in [6, 6.07) is 15.5. The fraction of sp³-hybridized carbons (Fsp3) is 0.423. The first kappa shape index (κ1) is 24.3. The summed E-state index contributed by atoms with van der Waals surface area (Å²) in [6.07, 6.45) is 2.01. The number of ketones is 1. The highest BCUT2D eigenvalue weighted by molar-refractivity contribution is 7.92. The molecule has 180 valence electrons. The zero-order valence-electron chi connectivity index (χ0n) is 19.4. The second kappa shape index (κ2) is 11.1. The van der Waals surface area contributed by atoms with Crippen molar-refractivity contribution < 1.29 is 23.7 Å². The van der Waals surface area contributed by atoms with Crippen LogP contribution in [0.25, 0.3) is 0 Å². The van der Waals surface area contributed by atoms with Gasteiger partial charge in [0.15, 0.2) is 10.6 Å². The summed E-state index contributed by atoms with van der Waals surface area (Å²) in [7, 11) is 0. The van der Waals surface area contributed by atoms with Gasteiger partial charge in [0.2, 0.25) is 11.7 Å². The van der Waals surface area contributed by atoms with Gasteiger partial charge >= 0.3 is 6.09 Å². The first-order valence-corrected chi connectivity index (χ1v) is 13.0. The summed E-state index contributed by atoms with van der Waals surface area (Å²) >= 11 is -1.46. The molecule has 2 aromatic rings. The van der Waals surface area contributed by atoms with E-state index in [9.17, 15) is 18.9 Å². The van der Waals surface area contributed by atoms with E-state index in [-0.39, 0.29) is 24.1 Å². The fourth-order valence-electron chi connectivity index (χ4n) is 4.60. The van der Waals surface area contributed by atoms with E-state index in [1.165, 1.54) is 4.90 Å².